The van der Waals surface area contributed by atoms with Gasteiger partial charge in [0, 0.05) is 45.2 Å². The van der Waals surface area contributed by atoms with Gasteiger partial charge in [-0.1, -0.05) is 20.8 Å². The molecule has 0 spiro atoms. The number of halogens is 1. The molecule has 2 atom stereocenters. The number of hydrogen-bond donors (Lipinski definition) is 2. The fourth-order valence-electron chi connectivity index (χ4n) is 3.83. The third-order valence-corrected chi connectivity index (χ3v) is 5.24. The van der Waals surface area contributed by atoms with E-state index in [2.05, 4.69) is 27.4 Å². The number of rotatable bonds is 6. The van der Waals surface area contributed by atoms with Crippen LogP contribution in [0.5, 0.6) is 0 Å². The molecule has 1 amide bonds. The third-order valence-electron chi connectivity index (χ3n) is 5.24. The van der Waals surface area contributed by atoms with Crippen molar-refractivity contribution in [3.8, 4) is 0 Å². The highest BCUT2D eigenvalue weighted by molar-refractivity contribution is 14.0. The zero-order valence-corrected chi connectivity index (χ0v) is 19.3. The van der Waals surface area contributed by atoms with Crippen LogP contribution in [0.15, 0.2) is 4.99 Å². The monoisotopic (exact) mass is 479 g/mol. The average molecular weight is 479 g/mol. The van der Waals surface area contributed by atoms with E-state index in [1.807, 2.05) is 25.8 Å². The normalized spacial score (nSPS) is 24.5. The number of piperidine rings is 1. The Kier molecular flexibility index (Phi) is 10.8. The van der Waals surface area contributed by atoms with Crippen LogP contribution in [0.25, 0.3) is 0 Å². The van der Waals surface area contributed by atoms with Crippen LogP contribution >= 0.6 is 24.0 Å². The van der Waals surface area contributed by atoms with Crippen LogP contribution in [0.3, 0.4) is 0 Å². The van der Waals surface area contributed by atoms with Crippen molar-refractivity contribution in [1.82, 2.24) is 20.4 Å². The number of nitrogens with zero attached hydrogens (tertiary/aromatic N) is 3. The number of likely N-dealkylation sites (tertiary alicyclic amines) is 2. The van der Waals surface area contributed by atoms with E-state index < -0.39 is 0 Å². The number of carbonyl (C=O) groups excluding carboxylic acids is 1. The van der Waals surface area contributed by atoms with Crippen molar-refractivity contribution >= 4 is 35.8 Å². The molecule has 0 bridgehead atoms. The molecule has 2 heterocycles. The van der Waals surface area contributed by atoms with Gasteiger partial charge in [-0.2, -0.15) is 0 Å². The molecular weight excluding hydrogens is 441 g/mol. The fourth-order valence-corrected chi connectivity index (χ4v) is 3.83. The molecular formula is C19H38IN5O. The standard InChI is InChI=1S/C19H37N5O.HI/c1-15(2)18(25)24-12-8-17(14-24)22-19(20-4)21-9-6-11-23-10-5-7-16(3)13-23;/h15-17H,5-14H2,1-4H3,(H2,20,21,22);1H. The molecule has 2 aliphatic rings. The second kappa shape index (κ2) is 12.0. The lowest BCUT2D eigenvalue weighted by molar-refractivity contribution is -0.133. The Labute approximate surface area is 176 Å². The van der Waals surface area contributed by atoms with Crippen molar-refractivity contribution in [2.45, 2.75) is 52.5 Å². The number of guanidine groups is 1. The molecule has 152 valence electrons. The lowest BCUT2D eigenvalue weighted by atomic mass is 10.0. The van der Waals surface area contributed by atoms with Crippen LogP contribution < -0.4 is 10.6 Å². The SMILES string of the molecule is CN=C(NCCCN1CCCC(C)C1)NC1CCN(C(=O)C(C)C)C1.I. The maximum Gasteiger partial charge on any atom is 0.225 e. The van der Waals surface area contributed by atoms with Gasteiger partial charge in [0.15, 0.2) is 5.96 Å². The molecule has 0 aromatic rings. The van der Waals surface area contributed by atoms with E-state index >= 15 is 0 Å². The van der Waals surface area contributed by atoms with Gasteiger partial charge in [-0.25, -0.2) is 0 Å². The molecule has 2 unspecified atom stereocenters. The van der Waals surface area contributed by atoms with E-state index in [4.69, 9.17) is 0 Å². The predicted molar refractivity (Wildman–Crippen MR) is 119 cm³/mol. The Morgan fingerprint density at radius 2 is 2.00 bits per heavy atom. The van der Waals surface area contributed by atoms with E-state index in [0.29, 0.717) is 6.04 Å². The van der Waals surface area contributed by atoms with Crippen molar-refractivity contribution in [1.29, 1.82) is 0 Å². The van der Waals surface area contributed by atoms with Crippen LogP contribution in [0.1, 0.15) is 46.5 Å². The summed E-state index contributed by atoms with van der Waals surface area (Å²) in [5, 5.41) is 6.89. The van der Waals surface area contributed by atoms with Crippen molar-refractivity contribution < 1.29 is 4.79 Å². The van der Waals surface area contributed by atoms with Crippen LogP contribution in [-0.2, 0) is 4.79 Å². The predicted octanol–water partition coefficient (Wildman–Crippen LogP) is 2.15. The smallest absolute Gasteiger partial charge is 0.225 e. The van der Waals surface area contributed by atoms with Gasteiger partial charge < -0.3 is 20.4 Å². The van der Waals surface area contributed by atoms with Gasteiger partial charge >= 0.3 is 0 Å². The van der Waals surface area contributed by atoms with Crippen molar-refractivity contribution in [2.24, 2.45) is 16.8 Å². The topological polar surface area (TPSA) is 60.0 Å². The highest BCUT2D eigenvalue weighted by Gasteiger charge is 2.27. The summed E-state index contributed by atoms with van der Waals surface area (Å²) >= 11 is 0. The van der Waals surface area contributed by atoms with Gasteiger partial charge in [0.05, 0.1) is 0 Å². The first kappa shape index (κ1) is 23.5. The van der Waals surface area contributed by atoms with E-state index in [1.165, 1.54) is 25.9 Å². The van der Waals surface area contributed by atoms with Gasteiger partial charge in [-0.15, -0.1) is 24.0 Å². The largest absolute Gasteiger partial charge is 0.356 e. The number of carbonyl (C=O) groups is 1. The number of nitrogens with one attached hydrogen (secondary N) is 2. The summed E-state index contributed by atoms with van der Waals surface area (Å²) in [6.45, 7) is 12.5. The second-order valence-corrected chi connectivity index (χ2v) is 7.97. The zero-order valence-electron chi connectivity index (χ0n) is 17.0. The quantitative estimate of drug-likeness (QED) is 0.265. The first-order chi connectivity index (χ1) is 12.0. The molecule has 0 aliphatic carbocycles. The van der Waals surface area contributed by atoms with Gasteiger partial charge in [0.1, 0.15) is 0 Å². The van der Waals surface area contributed by atoms with E-state index in [9.17, 15) is 4.79 Å². The minimum Gasteiger partial charge on any atom is -0.356 e. The molecule has 2 rings (SSSR count). The molecule has 2 aliphatic heterocycles. The lowest BCUT2D eigenvalue weighted by Crippen LogP contribution is -2.46. The summed E-state index contributed by atoms with van der Waals surface area (Å²) in [6.07, 6.45) is 4.84. The van der Waals surface area contributed by atoms with Gasteiger partial charge in [0.2, 0.25) is 5.91 Å². The molecule has 0 radical (unpaired) electrons. The fraction of sp³-hybridized carbons (Fsp3) is 0.895. The lowest BCUT2D eigenvalue weighted by Gasteiger charge is -2.30. The van der Waals surface area contributed by atoms with E-state index in [1.54, 1.807) is 0 Å². The average Bonchev–Trinajstić information content (AvgIpc) is 3.05. The molecule has 0 saturated carbocycles. The summed E-state index contributed by atoms with van der Waals surface area (Å²) in [5.74, 6) is 2.03. The Morgan fingerprint density at radius 1 is 1.23 bits per heavy atom. The first-order valence-electron chi connectivity index (χ1n) is 9.98. The van der Waals surface area contributed by atoms with Crippen molar-refractivity contribution in [3.05, 3.63) is 0 Å². The maximum atomic E-state index is 12.1. The second-order valence-electron chi connectivity index (χ2n) is 7.97. The van der Waals surface area contributed by atoms with E-state index in [0.717, 1.165) is 50.9 Å². The zero-order chi connectivity index (χ0) is 18.2. The number of hydrogen-bond acceptors (Lipinski definition) is 3. The highest BCUT2D eigenvalue weighted by atomic mass is 127. The minimum absolute atomic E-state index is 0. The highest BCUT2D eigenvalue weighted by Crippen LogP contribution is 2.15. The van der Waals surface area contributed by atoms with Crippen LogP contribution in [0.4, 0.5) is 0 Å². The maximum absolute atomic E-state index is 12.1. The molecule has 0 aromatic carbocycles. The Hall–Kier alpha value is -0.570. The molecule has 26 heavy (non-hydrogen) atoms. The Balaban J connectivity index is 0.00000338. The number of aliphatic imine (C=N–C) groups is 1. The molecule has 6 nitrogen and oxygen atoms in total. The summed E-state index contributed by atoms with van der Waals surface area (Å²) in [4.78, 5) is 21.0. The summed E-state index contributed by atoms with van der Waals surface area (Å²) in [6, 6.07) is 0.303. The van der Waals surface area contributed by atoms with Gasteiger partial charge in [0.25, 0.3) is 0 Å². The minimum atomic E-state index is 0. The third kappa shape index (κ3) is 7.58. The molecule has 2 N–H and O–H groups in total. The van der Waals surface area contributed by atoms with Crippen molar-refractivity contribution in [2.75, 3.05) is 46.3 Å². The van der Waals surface area contributed by atoms with Gasteiger partial charge in [-0.3, -0.25) is 9.79 Å². The van der Waals surface area contributed by atoms with E-state index in [-0.39, 0.29) is 35.8 Å². The van der Waals surface area contributed by atoms with Crippen LogP contribution in [0, 0.1) is 11.8 Å². The molecule has 2 saturated heterocycles. The van der Waals surface area contributed by atoms with Gasteiger partial charge in [-0.05, 0) is 44.7 Å². The first-order valence-corrected chi connectivity index (χ1v) is 9.98. The number of amides is 1. The van der Waals surface area contributed by atoms with Crippen molar-refractivity contribution in [3.63, 3.8) is 0 Å². The molecule has 2 fully saturated rings. The summed E-state index contributed by atoms with van der Waals surface area (Å²) in [7, 11) is 1.81. The summed E-state index contributed by atoms with van der Waals surface area (Å²) in [5.41, 5.74) is 0. The Bertz CT molecular complexity index is 457. The Morgan fingerprint density at radius 3 is 2.65 bits per heavy atom. The molecule has 7 heteroatoms. The van der Waals surface area contributed by atoms with Crippen LogP contribution in [0.2, 0.25) is 0 Å². The summed E-state index contributed by atoms with van der Waals surface area (Å²) < 4.78 is 0. The molecule has 0 aromatic heterocycles. The van der Waals surface area contributed by atoms with Crippen LogP contribution in [-0.4, -0.2) is 74.0 Å².